The molecule has 0 radical (unpaired) electrons. The minimum Gasteiger partial charge on any atom is -0.507 e. The molecule has 1 aromatic rings. The van der Waals surface area contributed by atoms with E-state index in [0.29, 0.717) is 12.1 Å². The third kappa shape index (κ3) is 2.42. The van der Waals surface area contributed by atoms with Crippen LogP contribution in [0.3, 0.4) is 0 Å². The largest absolute Gasteiger partial charge is 0.507 e. The molecule has 3 rings (SSSR count). The number of hydrazone groups is 1. The summed E-state index contributed by atoms with van der Waals surface area (Å²) >= 11 is 5.94. The van der Waals surface area contributed by atoms with Gasteiger partial charge in [-0.2, -0.15) is 5.10 Å². The first-order chi connectivity index (χ1) is 9.66. The van der Waals surface area contributed by atoms with Crippen LogP contribution in [0.2, 0.25) is 5.02 Å². The molecule has 20 heavy (non-hydrogen) atoms. The normalized spacial score (nSPS) is 23.4. The van der Waals surface area contributed by atoms with Gasteiger partial charge in [0, 0.05) is 37.8 Å². The number of piperazine rings is 1. The van der Waals surface area contributed by atoms with Crippen LogP contribution in [0, 0.1) is 0 Å². The number of halogens is 1. The number of hydrogen-bond donors (Lipinski definition) is 4. The van der Waals surface area contributed by atoms with E-state index < -0.39 is 0 Å². The highest BCUT2D eigenvalue weighted by molar-refractivity contribution is 6.32. The summed E-state index contributed by atoms with van der Waals surface area (Å²) in [7, 11) is 0. The van der Waals surface area contributed by atoms with Gasteiger partial charge in [-0.1, -0.05) is 11.6 Å². The number of benzene rings is 1. The molecular weight excluding hydrogens is 280 g/mol. The van der Waals surface area contributed by atoms with Crippen LogP contribution in [0.1, 0.15) is 5.56 Å². The minimum absolute atomic E-state index is 0.00511. The van der Waals surface area contributed by atoms with Crippen LogP contribution in [0.5, 0.6) is 11.5 Å². The average Bonchev–Trinajstić information content (AvgIpc) is 2.93. The maximum absolute atomic E-state index is 10.0. The third-order valence-electron chi connectivity index (χ3n) is 3.73. The Morgan fingerprint density at radius 2 is 1.95 bits per heavy atom. The average molecular weight is 297 g/mol. The van der Waals surface area contributed by atoms with Gasteiger partial charge in [0.15, 0.2) is 0 Å². The van der Waals surface area contributed by atoms with Crippen LogP contribution in [-0.2, 0) is 0 Å². The van der Waals surface area contributed by atoms with E-state index in [1.54, 1.807) is 6.07 Å². The summed E-state index contributed by atoms with van der Waals surface area (Å²) in [6.07, 6.45) is 0. The second-order valence-electron chi connectivity index (χ2n) is 4.98. The minimum atomic E-state index is -0.127. The summed E-state index contributed by atoms with van der Waals surface area (Å²) in [6, 6.07) is 2.93. The van der Waals surface area contributed by atoms with Crippen LogP contribution < -0.4 is 10.7 Å². The van der Waals surface area contributed by atoms with Crippen LogP contribution >= 0.6 is 11.6 Å². The van der Waals surface area contributed by atoms with Gasteiger partial charge in [0.05, 0.1) is 23.3 Å². The van der Waals surface area contributed by atoms with Gasteiger partial charge in [0.2, 0.25) is 0 Å². The van der Waals surface area contributed by atoms with Crippen LogP contribution in [0.25, 0.3) is 0 Å². The van der Waals surface area contributed by atoms with Crippen molar-refractivity contribution in [3.8, 4) is 11.5 Å². The maximum atomic E-state index is 10.0. The lowest BCUT2D eigenvalue weighted by molar-refractivity contribution is 0.217. The van der Waals surface area contributed by atoms with E-state index in [4.69, 9.17) is 11.6 Å². The summed E-state index contributed by atoms with van der Waals surface area (Å²) in [5, 5.41) is 27.4. The van der Waals surface area contributed by atoms with Gasteiger partial charge in [0.25, 0.3) is 0 Å². The fourth-order valence-corrected chi connectivity index (χ4v) is 2.84. The highest BCUT2D eigenvalue weighted by atomic mass is 35.5. The van der Waals surface area contributed by atoms with Gasteiger partial charge in [-0.05, 0) is 6.07 Å². The molecular formula is C13H17ClN4O2. The SMILES string of the molecule is Oc1cc(O)c(C2=NNCC2N2CCNCC2)cc1Cl. The molecule has 2 aliphatic rings. The standard InChI is InChI=1S/C13H17ClN4O2/c14-9-5-8(11(19)6-12(9)20)13-10(7-16-17-13)18-3-1-15-2-4-18/h5-6,10,15-16,19-20H,1-4,7H2. The lowest BCUT2D eigenvalue weighted by Crippen LogP contribution is -2.52. The van der Waals surface area contributed by atoms with Gasteiger partial charge in [-0.15, -0.1) is 0 Å². The quantitative estimate of drug-likeness (QED) is 0.633. The van der Waals surface area contributed by atoms with Gasteiger partial charge in [-0.3, -0.25) is 4.90 Å². The Bertz CT molecular complexity index is 543. The number of aromatic hydroxyl groups is 2. The summed E-state index contributed by atoms with van der Waals surface area (Å²) in [6.45, 7) is 4.50. The fourth-order valence-electron chi connectivity index (χ4n) is 2.68. The highest BCUT2D eigenvalue weighted by Gasteiger charge is 2.31. The van der Waals surface area contributed by atoms with E-state index in [9.17, 15) is 10.2 Å². The first kappa shape index (κ1) is 13.5. The summed E-state index contributed by atoms with van der Waals surface area (Å²) in [4.78, 5) is 2.33. The fraction of sp³-hybridized carbons (Fsp3) is 0.462. The number of rotatable bonds is 2. The molecule has 1 unspecified atom stereocenters. The van der Waals surface area contributed by atoms with Crippen molar-refractivity contribution in [1.82, 2.24) is 15.6 Å². The molecule has 108 valence electrons. The van der Waals surface area contributed by atoms with Crippen molar-refractivity contribution in [2.24, 2.45) is 5.10 Å². The number of hydrogen-bond acceptors (Lipinski definition) is 6. The molecule has 1 aromatic carbocycles. The highest BCUT2D eigenvalue weighted by Crippen LogP contribution is 2.32. The van der Waals surface area contributed by atoms with Crippen LogP contribution in [0.15, 0.2) is 17.2 Å². The first-order valence-corrected chi connectivity index (χ1v) is 7.01. The Hall–Kier alpha value is -1.50. The molecule has 1 fully saturated rings. The number of phenols is 2. The third-order valence-corrected chi connectivity index (χ3v) is 4.04. The lowest BCUT2D eigenvalue weighted by atomic mass is 10.0. The van der Waals surface area contributed by atoms with Crippen molar-refractivity contribution >= 4 is 17.3 Å². The smallest absolute Gasteiger partial charge is 0.137 e. The lowest BCUT2D eigenvalue weighted by Gasteiger charge is -2.32. The molecule has 1 saturated heterocycles. The molecule has 0 aromatic heterocycles. The number of phenolic OH excluding ortho intramolecular Hbond substituents is 2. The molecule has 1 atom stereocenters. The Kier molecular flexibility index (Phi) is 3.69. The Labute approximate surface area is 122 Å². The molecule has 0 aliphatic carbocycles. The van der Waals surface area contributed by atoms with Crippen LogP contribution in [-0.4, -0.2) is 59.6 Å². The zero-order valence-corrected chi connectivity index (χ0v) is 11.7. The van der Waals surface area contributed by atoms with Crippen LogP contribution in [0.4, 0.5) is 0 Å². The summed E-state index contributed by atoms with van der Waals surface area (Å²) in [5.74, 6) is -0.132. The molecule has 0 saturated carbocycles. The molecule has 2 aliphatic heterocycles. The van der Waals surface area contributed by atoms with Gasteiger partial charge in [0.1, 0.15) is 11.5 Å². The second-order valence-corrected chi connectivity index (χ2v) is 5.39. The van der Waals surface area contributed by atoms with Crippen molar-refractivity contribution in [2.45, 2.75) is 6.04 Å². The van der Waals surface area contributed by atoms with Gasteiger partial charge >= 0.3 is 0 Å². The van der Waals surface area contributed by atoms with Crippen molar-refractivity contribution in [3.05, 3.63) is 22.7 Å². The molecule has 0 spiro atoms. The molecule has 7 heteroatoms. The predicted molar refractivity (Wildman–Crippen MR) is 77.6 cm³/mol. The van der Waals surface area contributed by atoms with E-state index in [0.717, 1.165) is 31.9 Å². The van der Waals surface area contributed by atoms with Crippen molar-refractivity contribution in [3.63, 3.8) is 0 Å². The Morgan fingerprint density at radius 1 is 1.20 bits per heavy atom. The second kappa shape index (κ2) is 5.47. The Balaban J connectivity index is 1.90. The summed E-state index contributed by atoms with van der Waals surface area (Å²) < 4.78 is 0. The van der Waals surface area contributed by atoms with Gasteiger partial charge < -0.3 is 21.0 Å². The molecule has 4 N–H and O–H groups in total. The molecule has 6 nitrogen and oxygen atoms in total. The molecule has 0 amide bonds. The molecule has 0 bridgehead atoms. The van der Waals surface area contributed by atoms with Crippen molar-refractivity contribution in [2.75, 3.05) is 32.7 Å². The number of nitrogens with one attached hydrogen (secondary N) is 2. The number of nitrogens with zero attached hydrogens (tertiary/aromatic N) is 2. The topological polar surface area (TPSA) is 80.1 Å². The molecule has 2 heterocycles. The van der Waals surface area contributed by atoms with E-state index in [1.807, 2.05) is 0 Å². The monoisotopic (exact) mass is 296 g/mol. The van der Waals surface area contributed by atoms with Crippen molar-refractivity contribution in [1.29, 1.82) is 0 Å². The van der Waals surface area contributed by atoms with E-state index >= 15 is 0 Å². The Morgan fingerprint density at radius 3 is 2.70 bits per heavy atom. The van der Waals surface area contributed by atoms with E-state index in [-0.39, 0.29) is 22.6 Å². The zero-order valence-electron chi connectivity index (χ0n) is 10.9. The predicted octanol–water partition coefficient (Wildman–Crippen LogP) is 0.332. The summed E-state index contributed by atoms with van der Waals surface area (Å²) in [5.41, 5.74) is 4.33. The van der Waals surface area contributed by atoms with Gasteiger partial charge in [-0.25, -0.2) is 0 Å². The first-order valence-electron chi connectivity index (χ1n) is 6.64. The zero-order chi connectivity index (χ0) is 14.1. The maximum Gasteiger partial charge on any atom is 0.137 e. The van der Waals surface area contributed by atoms with E-state index in [2.05, 4.69) is 20.7 Å². The van der Waals surface area contributed by atoms with E-state index in [1.165, 1.54) is 6.07 Å². The van der Waals surface area contributed by atoms with Crippen molar-refractivity contribution < 1.29 is 10.2 Å².